The van der Waals surface area contributed by atoms with Crippen LogP contribution in [0.2, 0.25) is 0 Å². The number of aliphatic carboxylic acids is 1. The lowest BCUT2D eigenvalue weighted by Crippen LogP contribution is -2.24. The number of unbranched alkanes of at least 4 members (excludes halogenated alkanes) is 1. The molecule has 0 spiro atoms. The van der Waals surface area contributed by atoms with Crippen molar-refractivity contribution in [3.63, 3.8) is 0 Å². The highest BCUT2D eigenvalue weighted by molar-refractivity contribution is 5.67. The Hall–Kier alpha value is -2.19. The zero-order chi connectivity index (χ0) is 24.1. The molecule has 1 fully saturated rings. The number of carboxylic acid groups (broad SMARTS) is 1. The second kappa shape index (κ2) is 14.8. The molecule has 8 nitrogen and oxygen atoms in total. The zero-order valence-electron chi connectivity index (χ0n) is 19.3. The first-order valence-corrected chi connectivity index (χ1v) is 11.4. The molecule has 1 saturated carbocycles. The van der Waals surface area contributed by atoms with E-state index < -0.39 is 30.3 Å². The summed E-state index contributed by atoms with van der Waals surface area (Å²) in [6.45, 7) is 4.61. The fourth-order valence-corrected chi connectivity index (χ4v) is 4.06. The van der Waals surface area contributed by atoms with E-state index in [1.165, 1.54) is 13.8 Å². The summed E-state index contributed by atoms with van der Waals surface area (Å²) >= 11 is 0. The number of aliphatic hydroxyl groups excluding tert-OH is 2. The maximum Gasteiger partial charge on any atom is 0.303 e. The molecule has 182 valence electrons. The second-order valence-electron chi connectivity index (χ2n) is 8.35. The highest BCUT2D eigenvalue weighted by Crippen LogP contribution is 2.38. The van der Waals surface area contributed by atoms with E-state index in [0.29, 0.717) is 44.9 Å². The summed E-state index contributed by atoms with van der Waals surface area (Å²) in [7, 11) is 0. The van der Waals surface area contributed by atoms with E-state index in [4.69, 9.17) is 14.6 Å². The Balaban J connectivity index is 2.72. The first kappa shape index (κ1) is 27.8. The van der Waals surface area contributed by atoms with Gasteiger partial charge in [0.2, 0.25) is 0 Å². The number of carbonyl (C=O) groups is 3. The Morgan fingerprint density at radius 3 is 2.44 bits per heavy atom. The Morgan fingerprint density at radius 2 is 1.84 bits per heavy atom. The summed E-state index contributed by atoms with van der Waals surface area (Å²) in [5.41, 5.74) is 0. The predicted octanol–water partition coefficient (Wildman–Crippen LogP) is 3.16. The van der Waals surface area contributed by atoms with Crippen molar-refractivity contribution in [3.05, 3.63) is 24.3 Å². The van der Waals surface area contributed by atoms with Crippen LogP contribution < -0.4 is 0 Å². The number of allylic oxidation sites excluding steroid dienone is 2. The summed E-state index contributed by atoms with van der Waals surface area (Å²) in [6, 6.07) is 0. The van der Waals surface area contributed by atoms with Gasteiger partial charge in [-0.2, -0.15) is 0 Å². The number of esters is 2. The molecule has 0 saturated heterocycles. The van der Waals surface area contributed by atoms with Crippen LogP contribution in [-0.2, 0) is 23.9 Å². The molecule has 0 aromatic heterocycles. The van der Waals surface area contributed by atoms with Crippen LogP contribution in [0.25, 0.3) is 0 Å². The first-order valence-electron chi connectivity index (χ1n) is 11.4. The van der Waals surface area contributed by atoms with E-state index in [-0.39, 0.29) is 30.3 Å². The molecule has 0 heterocycles. The largest absolute Gasteiger partial charge is 0.481 e. The van der Waals surface area contributed by atoms with E-state index >= 15 is 0 Å². The molecule has 0 aliphatic heterocycles. The quantitative estimate of drug-likeness (QED) is 0.207. The van der Waals surface area contributed by atoms with Crippen LogP contribution in [0, 0.1) is 11.8 Å². The molecule has 8 heteroatoms. The van der Waals surface area contributed by atoms with Gasteiger partial charge in [-0.05, 0) is 44.4 Å². The minimum atomic E-state index is -0.823. The lowest BCUT2D eigenvalue weighted by Gasteiger charge is -2.22. The highest BCUT2D eigenvalue weighted by Gasteiger charge is 2.42. The van der Waals surface area contributed by atoms with Gasteiger partial charge < -0.3 is 24.8 Å². The summed E-state index contributed by atoms with van der Waals surface area (Å²) in [5, 5.41) is 29.6. The van der Waals surface area contributed by atoms with Crippen LogP contribution in [0.5, 0.6) is 0 Å². The maximum atomic E-state index is 11.5. The van der Waals surface area contributed by atoms with Crippen molar-refractivity contribution in [2.24, 2.45) is 11.8 Å². The minimum Gasteiger partial charge on any atom is -0.481 e. The number of hydrogen-bond donors (Lipinski definition) is 3. The van der Waals surface area contributed by atoms with Gasteiger partial charge in [0.25, 0.3) is 0 Å². The molecule has 0 unspecified atom stereocenters. The van der Waals surface area contributed by atoms with Crippen molar-refractivity contribution >= 4 is 17.9 Å². The Labute approximate surface area is 190 Å². The summed E-state index contributed by atoms with van der Waals surface area (Å²) < 4.78 is 10.6. The number of ether oxygens (including phenoxy) is 2. The first-order chi connectivity index (χ1) is 15.1. The molecule has 0 aromatic carbocycles. The monoisotopic (exact) mass is 454 g/mol. The lowest BCUT2D eigenvalue weighted by molar-refractivity contribution is -0.148. The molecule has 6 atom stereocenters. The predicted molar refractivity (Wildman–Crippen MR) is 119 cm³/mol. The molecule has 3 N–H and O–H groups in total. The molecule has 1 aliphatic rings. The van der Waals surface area contributed by atoms with Gasteiger partial charge >= 0.3 is 17.9 Å². The van der Waals surface area contributed by atoms with E-state index in [0.717, 1.165) is 0 Å². The van der Waals surface area contributed by atoms with E-state index in [9.17, 15) is 24.6 Å². The normalized spacial score (nSPS) is 25.2. The lowest BCUT2D eigenvalue weighted by atomic mass is 9.89. The second-order valence-corrected chi connectivity index (χ2v) is 8.35. The van der Waals surface area contributed by atoms with Crippen molar-refractivity contribution in [1.82, 2.24) is 0 Å². The SMILES string of the molecule is CC[C@@H](CC[C@H](O)/C=C/[C@@H]1[C@@H](C/C=C\CCCC(=O)O)[C@@H](O)C[C@H]1OC(C)=O)OC(C)=O. The molecule has 1 rings (SSSR count). The smallest absolute Gasteiger partial charge is 0.303 e. The maximum absolute atomic E-state index is 11.5. The number of rotatable bonds is 14. The van der Waals surface area contributed by atoms with Crippen LogP contribution in [-0.4, -0.2) is 57.6 Å². The molecular weight excluding hydrogens is 416 g/mol. The third-order valence-electron chi connectivity index (χ3n) is 5.67. The van der Waals surface area contributed by atoms with Crippen molar-refractivity contribution < 1.29 is 39.2 Å². The van der Waals surface area contributed by atoms with Crippen molar-refractivity contribution in [2.75, 3.05) is 0 Å². The standard InChI is InChI=1S/C24H38O8/c1-4-19(31-16(2)25)13-11-18(27)12-14-21-20(9-7-5-6-8-10-24(29)30)22(28)15-23(21)32-17(3)26/h5,7,12,14,18-23,27-28H,4,6,8-11,13,15H2,1-3H3,(H,29,30)/b7-5-,14-12+/t18-,19-,20+,21+,22-,23+/m0/s1. The third-order valence-corrected chi connectivity index (χ3v) is 5.67. The van der Waals surface area contributed by atoms with Crippen LogP contribution in [0.15, 0.2) is 24.3 Å². The van der Waals surface area contributed by atoms with Gasteiger partial charge in [-0.3, -0.25) is 14.4 Å². The Kier molecular flexibility index (Phi) is 12.9. The van der Waals surface area contributed by atoms with Gasteiger partial charge in [-0.1, -0.05) is 31.2 Å². The van der Waals surface area contributed by atoms with Crippen molar-refractivity contribution in [2.45, 2.75) is 96.6 Å². The molecule has 0 radical (unpaired) electrons. The fourth-order valence-electron chi connectivity index (χ4n) is 4.06. The van der Waals surface area contributed by atoms with E-state index in [1.54, 1.807) is 6.08 Å². The van der Waals surface area contributed by atoms with E-state index in [2.05, 4.69) is 0 Å². The number of aliphatic hydroxyl groups is 2. The molecule has 1 aliphatic carbocycles. The topological polar surface area (TPSA) is 130 Å². The summed E-state index contributed by atoms with van der Waals surface area (Å²) in [4.78, 5) is 33.2. The van der Waals surface area contributed by atoms with Gasteiger partial charge in [-0.15, -0.1) is 0 Å². The molecule has 0 bridgehead atoms. The molecular formula is C24H38O8. The molecule has 32 heavy (non-hydrogen) atoms. The number of carbonyl (C=O) groups excluding carboxylic acids is 2. The van der Waals surface area contributed by atoms with Crippen LogP contribution in [0.1, 0.15) is 72.1 Å². The average Bonchev–Trinajstić information content (AvgIpc) is 2.99. The Morgan fingerprint density at radius 1 is 1.12 bits per heavy atom. The average molecular weight is 455 g/mol. The van der Waals surface area contributed by atoms with E-state index in [1.807, 2.05) is 25.2 Å². The minimum absolute atomic E-state index is 0.116. The van der Waals surface area contributed by atoms with Gasteiger partial charge in [-0.25, -0.2) is 0 Å². The van der Waals surface area contributed by atoms with Crippen molar-refractivity contribution in [3.8, 4) is 0 Å². The van der Waals surface area contributed by atoms with Gasteiger partial charge in [0.1, 0.15) is 12.2 Å². The zero-order valence-corrected chi connectivity index (χ0v) is 19.3. The van der Waals surface area contributed by atoms with Crippen LogP contribution >= 0.6 is 0 Å². The van der Waals surface area contributed by atoms with Gasteiger partial charge in [0, 0.05) is 32.6 Å². The Bertz CT molecular complexity index is 656. The van der Waals surface area contributed by atoms with Crippen LogP contribution in [0.3, 0.4) is 0 Å². The third kappa shape index (κ3) is 10.9. The molecule has 0 aromatic rings. The summed E-state index contributed by atoms with van der Waals surface area (Å²) in [5.74, 6) is -2.01. The summed E-state index contributed by atoms with van der Waals surface area (Å²) in [6.07, 6.45) is 9.00. The highest BCUT2D eigenvalue weighted by atomic mass is 16.5. The van der Waals surface area contributed by atoms with Gasteiger partial charge in [0.05, 0.1) is 12.2 Å². The van der Waals surface area contributed by atoms with Crippen LogP contribution in [0.4, 0.5) is 0 Å². The number of carboxylic acids is 1. The fraction of sp³-hybridized carbons (Fsp3) is 0.708. The van der Waals surface area contributed by atoms with Gasteiger partial charge in [0.15, 0.2) is 0 Å². The molecule has 0 amide bonds. The van der Waals surface area contributed by atoms with Crippen molar-refractivity contribution in [1.29, 1.82) is 0 Å². The number of hydrogen-bond acceptors (Lipinski definition) is 7.